The first-order chi connectivity index (χ1) is 20.7. The van der Waals surface area contributed by atoms with Gasteiger partial charge in [-0.2, -0.15) is 5.06 Å². The van der Waals surface area contributed by atoms with Crippen molar-refractivity contribution in [1.82, 2.24) is 24.7 Å². The highest BCUT2D eigenvalue weighted by atomic mass is 19.2. The van der Waals surface area contributed by atoms with E-state index >= 15 is 0 Å². The van der Waals surface area contributed by atoms with Gasteiger partial charge >= 0.3 is 6.03 Å². The van der Waals surface area contributed by atoms with Gasteiger partial charge in [0.1, 0.15) is 18.5 Å². The number of halogens is 2. The predicted octanol–water partition coefficient (Wildman–Crippen LogP) is 4.63. The van der Waals surface area contributed by atoms with E-state index in [0.29, 0.717) is 53.7 Å². The highest BCUT2D eigenvalue weighted by Crippen LogP contribution is 2.60. The minimum Gasteiger partial charge on any atom is -0.470 e. The molecule has 2 aromatic heterocycles. The normalized spacial score (nSPS) is 21.2. The van der Waals surface area contributed by atoms with Crippen molar-refractivity contribution < 1.29 is 23.1 Å². The van der Waals surface area contributed by atoms with E-state index in [1.165, 1.54) is 18.2 Å². The van der Waals surface area contributed by atoms with Crippen LogP contribution in [0.1, 0.15) is 36.3 Å². The zero-order valence-corrected chi connectivity index (χ0v) is 24.0. The van der Waals surface area contributed by atoms with E-state index in [4.69, 9.17) is 9.57 Å². The number of nitrogens with zero attached hydrogens (tertiary/aromatic N) is 4. The number of aryl methyl sites for hydroxylation is 1. The third kappa shape index (κ3) is 5.51. The van der Waals surface area contributed by atoms with E-state index in [1.807, 2.05) is 44.3 Å². The quantitative estimate of drug-likeness (QED) is 0.311. The molecule has 0 bridgehead atoms. The van der Waals surface area contributed by atoms with Gasteiger partial charge in [-0.15, -0.1) is 5.10 Å². The molecule has 1 saturated heterocycles. The Bertz CT molecular complexity index is 1730. The van der Waals surface area contributed by atoms with E-state index < -0.39 is 29.2 Å². The Hall–Kier alpha value is -4.55. The number of para-hydroxylation sites is 1. The summed E-state index contributed by atoms with van der Waals surface area (Å²) in [7, 11) is 1.82. The molecule has 2 aromatic carbocycles. The number of hydroxylamine groups is 2. The first kappa shape index (κ1) is 28.6. The summed E-state index contributed by atoms with van der Waals surface area (Å²) in [5.74, 6) is -1.13. The summed E-state index contributed by atoms with van der Waals surface area (Å²) < 4.78 is 37.1. The number of ether oxygens (including phenoxy) is 1. The van der Waals surface area contributed by atoms with Gasteiger partial charge in [-0.25, -0.2) is 18.3 Å². The fraction of sp³-hybridized carbons (Fsp3) is 0.323. The molecule has 2 fully saturated rings. The maximum Gasteiger partial charge on any atom is 0.320 e. The van der Waals surface area contributed by atoms with E-state index in [1.54, 1.807) is 27.4 Å². The largest absolute Gasteiger partial charge is 0.470 e. The summed E-state index contributed by atoms with van der Waals surface area (Å²) in [6.45, 7) is 5.00. The Morgan fingerprint density at radius 1 is 1.14 bits per heavy atom. The number of amides is 2. The molecular weight excluding hydrogens is 558 g/mol. The van der Waals surface area contributed by atoms with Crippen molar-refractivity contribution in [3.05, 3.63) is 106 Å². The molecule has 1 saturated carbocycles. The average molecular weight is 591 g/mol. The third-order valence-corrected chi connectivity index (χ3v) is 8.16. The molecule has 1 aliphatic heterocycles. The van der Waals surface area contributed by atoms with Gasteiger partial charge in [0.25, 0.3) is 0 Å². The zero-order chi connectivity index (χ0) is 30.3. The Morgan fingerprint density at radius 2 is 1.93 bits per heavy atom. The molecule has 1 spiro atoms. The van der Waals surface area contributed by atoms with E-state index in [2.05, 4.69) is 15.7 Å². The number of urea groups is 1. The van der Waals surface area contributed by atoms with Crippen LogP contribution in [-0.2, 0) is 18.5 Å². The van der Waals surface area contributed by atoms with Crippen LogP contribution in [-0.4, -0.2) is 44.6 Å². The second kappa shape index (κ2) is 11.3. The van der Waals surface area contributed by atoms with Crippen molar-refractivity contribution in [1.29, 1.82) is 0 Å². The first-order valence-electron chi connectivity index (χ1n) is 14.1. The maximum atomic E-state index is 14.1. The monoisotopic (exact) mass is 590 g/mol. The van der Waals surface area contributed by atoms with E-state index in [0.717, 1.165) is 12.1 Å². The van der Waals surface area contributed by atoms with Crippen LogP contribution >= 0.6 is 0 Å². The van der Waals surface area contributed by atoms with Crippen LogP contribution in [0.5, 0.6) is 5.88 Å². The SMILES string of the molecule is CCN1C[C@@]2(C[C@H]2NC(=O)Nc2c(C)c(OCc3cc(=O)ccn3C)nn2-c2ccccc2)C(c2ccc(F)c(F)c2)O1. The molecule has 224 valence electrons. The Morgan fingerprint density at radius 3 is 2.67 bits per heavy atom. The van der Waals surface area contributed by atoms with Crippen LogP contribution in [0.25, 0.3) is 5.69 Å². The maximum absolute atomic E-state index is 14.1. The topological polar surface area (TPSA) is 103 Å². The minimum absolute atomic E-state index is 0.106. The molecule has 1 aliphatic carbocycles. The molecule has 3 heterocycles. The standard InChI is InChI=1S/C31H32F2N6O4/c1-4-38-18-31(27(43-38)20-10-11-24(32)25(33)14-20)16-26(31)34-30(41)35-28-19(2)29(36-39(28)21-8-6-5-7-9-21)42-17-22-15-23(40)12-13-37(22)3/h5-15,26-27H,4,16-18H2,1-3H3,(H2,34,35,41)/t26-,27?,31-/m1/s1. The van der Waals surface area contributed by atoms with Crippen LogP contribution in [0.4, 0.5) is 19.4 Å². The number of carbonyl (C=O) groups excluding carboxylic acids is 1. The van der Waals surface area contributed by atoms with Crippen molar-refractivity contribution in [3.8, 4) is 11.6 Å². The smallest absolute Gasteiger partial charge is 0.320 e. The number of aromatic nitrogens is 3. The molecule has 3 atom stereocenters. The van der Waals surface area contributed by atoms with Crippen molar-refractivity contribution in [2.75, 3.05) is 18.4 Å². The summed E-state index contributed by atoms with van der Waals surface area (Å²) in [6, 6.07) is 15.4. The van der Waals surface area contributed by atoms with Crippen molar-refractivity contribution in [2.24, 2.45) is 12.5 Å². The number of rotatable bonds is 8. The average Bonchev–Trinajstić information content (AvgIpc) is 3.38. The number of pyridine rings is 1. The second-order valence-electron chi connectivity index (χ2n) is 11.0. The molecule has 2 N–H and O–H groups in total. The lowest BCUT2D eigenvalue weighted by Gasteiger charge is -2.19. The summed E-state index contributed by atoms with van der Waals surface area (Å²) in [5.41, 5.74) is 1.91. The number of anilines is 1. The molecule has 43 heavy (non-hydrogen) atoms. The van der Waals surface area contributed by atoms with E-state index in [9.17, 15) is 18.4 Å². The molecule has 2 amide bonds. The molecular formula is C31H32F2N6O4. The van der Waals surface area contributed by atoms with Gasteiger partial charge in [-0.1, -0.05) is 31.2 Å². The lowest BCUT2D eigenvalue weighted by Crippen LogP contribution is -2.36. The number of benzene rings is 2. The number of hydrogen-bond acceptors (Lipinski definition) is 6. The highest BCUT2D eigenvalue weighted by molar-refractivity contribution is 5.90. The molecule has 2 aliphatic rings. The van der Waals surface area contributed by atoms with Gasteiger partial charge in [0.05, 0.1) is 16.9 Å². The fourth-order valence-corrected chi connectivity index (χ4v) is 5.64. The van der Waals surface area contributed by atoms with Crippen LogP contribution in [0.15, 0.2) is 71.7 Å². The van der Waals surface area contributed by atoms with E-state index in [-0.39, 0.29) is 18.1 Å². The van der Waals surface area contributed by atoms with Crippen LogP contribution in [0.3, 0.4) is 0 Å². The second-order valence-corrected chi connectivity index (χ2v) is 11.0. The van der Waals surface area contributed by atoms with Gasteiger partial charge in [-0.3, -0.25) is 14.9 Å². The summed E-state index contributed by atoms with van der Waals surface area (Å²) in [5, 5.41) is 12.4. The van der Waals surface area contributed by atoms with Gasteiger partial charge in [-0.05, 0) is 43.2 Å². The lowest BCUT2D eigenvalue weighted by atomic mass is 9.92. The Kier molecular flexibility index (Phi) is 7.49. The van der Waals surface area contributed by atoms with Crippen LogP contribution < -0.4 is 20.8 Å². The summed E-state index contributed by atoms with van der Waals surface area (Å²) in [6.07, 6.45) is 1.75. The molecule has 0 radical (unpaired) electrons. The zero-order valence-electron chi connectivity index (χ0n) is 24.0. The van der Waals surface area contributed by atoms with Gasteiger partial charge in [0.15, 0.2) is 17.1 Å². The minimum atomic E-state index is -0.939. The summed E-state index contributed by atoms with van der Waals surface area (Å²) >= 11 is 0. The van der Waals surface area contributed by atoms with Crippen LogP contribution in [0, 0.1) is 24.0 Å². The van der Waals surface area contributed by atoms with Crippen molar-refractivity contribution in [2.45, 2.75) is 39.0 Å². The number of hydrogen-bond donors (Lipinski definition) is 2. The van der Waals surface area contributed by atoms with Crippen molar-refractivity contribution >= 4 is 11.8 Å². The number of carbonyl (C=O) groups is 1. The summed E-state index contributed by atoms with van der Waals surface area (Å²) in [4.78, 5) is 31.3. The lowest BCUT2D eigenvalue weighted by molar-refractivity contribution is -0.146. The van der Waals surface area contributed by atoms with Crippen LogP contribution in [0.2, 0.25) is 0 Å². The van der Waals surface area contributed by atoms with Gasteiger partial charge in [0.2, 0.25) is 5.88 Å². The van der Waals surface area contributed by atoms with Gasteiger partial charge < -0.3 is 14.6 Å². The molecule has 1 unspecified atom stereocenters. The highest BCUT2D eigenvalue weighted by Gasteiger charge is 2.65. The predicted molar refractivity (Wildman–Crippen MR) is 155 cm³/mol. The fourth-order valence-electron chi connectivity index (χ4n) is 5.64. The third-order valence-electron chi connectivity index (χ3n) is 8.16. The van der Waals surface area contributed by atoms with Crippen molar-refractivity contribution in [3.63, 3.8) is 0 Å². The number of nitrogens with one attached hydrogen (secondary N) is 2. The molecule has 12 heteroatoms. The molecule has 6 rings (SSSR count). The Labute approximate surface area is 246 Å². The molecule has 4 aromatic rings. The van der Waals surface area contributed by atoms with Gasteiger partial charge in [0, 0.05) is 49.9 Å². The first-order valence-corrected chi connectivity index (χ1v) is 14.1. The Balaban J connectivity index is 1.22. The molecule has 10 nitrogen and oxygen atoms in total.